The van der Waals surface area contributed by atoms with Crippen molar-refractivity contribution in [1.82, 2.24) is 10.0 Å². The zero-order chi connectivity index (χ0) is 21.0. The highest BCUT2D eigenvalue weighted by molar-refractivity contribution is 7.89. The Labute approximate surface area is 175 Å². The summed E-state index contributed by atoms with van der Waals surface area (Å²) in [6.07, 6.45) is 2.40. The predicted molar refractivity (Wildman–Crippen MR) is 111 cm³/mol. The van der Waals surface area contributed by atoms with Crippen molar-refractivity contribution < 1.29 is 17.6 Å². The second kappa shape index (κ2) is 9.24. The molecular weight excluding hydrogens is 415 g/mol. The van der Waals surface area contributed by atoms with E-state index in [-0.39, 0.29) is 28.6 Å². The number of halogens is 2. The number of rotatable bonds is 6. The summed E-state index contributed by atoms with van der Waals surface area (Å²) in [4.78, 5) is 12.5. The highest BCUT2D eigenvalue weighted by Gasteiger charge is 2.29. The quantitative estimate of drug-likeness (QED) is 0.717. The van der Waals surface area contributed by atoms with Gasteiger partial charge >= 0.3 is 0 Å². The molecule has 0 aromatic heterocycles. The molecule has 29 heavy (non-hydrogen) atoms. The Morgan fingerprint density at radius 3 is 2.38 bits per heavy atom. The van der Waals surface area contributed by atoms with Gasteiger partial charge in [0.25, 0.3) is 0 Å². The van der Waals surface area contributed by atoms with E-state index in [1.807, 2.05) is 6.92 Å². The third-order valence-electron chi connectivity index (χ3n) is 5.25. The molecule has 2 aromatic carbocycles. The molecule has 0 saturated heterocycles. The first-order chi connectivity index (χ1) is 13.7. The first kappa shape index (κ1) is 21.7. The van der Waals surface area contributed by atoms with Gasteiger partial charge < -0.3 is 5.32 Å². The summed E-state index contributed by atoms with van der Waals surface area (Å²) in [5.41, 5.74) is 1.65. The average Bonchev–Trinajstić information content (AvgIpc) is 2.69. The van der Waals surface area contributed by atoms with Gasteiger partial charge in [-0.1, -0.05) is 29.8 Å². The minimum Gasteiger partial charge on any atom is -0.352 e. The number of hydrogen-bond donors (Lipinski definition) is 2. The van der Waals surface area contributed by atoms with Gasteiger partial charge in [0.2, 0.25) is 15.9 Å². The number of amides is 1. The Balaban J connectivity index is 1.50. The summed E-state index contributed by atoms with van der Waals surface area (Å²) in [6.45, 7) is 2.16. The fraction of sp³-hybridized carbons (Fsp3) is 0.381. The minimum atomic E-state index is -3.65. The fourth-order valence-corrected chi connectivity index (χ4v) is 5.01. The number of hydrogen-bond acceptors (Lipinski definition) is 3. The molecule has 0 radical (unpaired) electrons. The van der Waals surface area contributed by atoms with Crippen LogP contribution in [0.2, 0.25) is 5.02 Å². The minimum absolute atomic E-state index is 0.0547. The lowest BCUT2D eigenvalue weighted by Gasteiger charge is -2.28. The van der Waals surface area contributed by atoms with Gasteiger partial charge in [-0.15, -0.1) is 0 Å². The van der Waals surface area contributed by atoms with Crippen LogP contribution in [0.25, 0.3) is 0 Å². The van der Waals surface area contributed by atoms with E-state index < -0.39 is 10.0 Å². The highest BCUT2D eigenvalue weighted by Crippen LogP contribution is 2.27. The van der Waals surface area contributed by atoms with E-state index in [0.717, 1.165) is 11.1 Å². The Morgan fingerprint density at radius 2 is 1.76 bits per heavy atom. The van der Waals surface area contributed by atoms with E-state index in [1.165, 1.54) is 24.3 Å². The predicted octanol–water partition coefficient (Wildman–Crippen LogP) is 3.94. The van der Waals surface area contributed by atoms with Crippen LogP contribution in [0.4, 0.5) is 4.39 Å². The summed E-state index contributed by atoms with van der Waals surface area (Å²) in [7, 11) is -3.65. The Kier molecular flexibility index (Phi) is 6.93. The van der Waals surface area contributed by atoms with Crippen molar-refractivity contribution in [3.8, 4) is 0 Å². The molecule has 2 N–H and O–H groups in total. The normalized spacial score (nSPS) is 19.7. The number of carbonyl (C=O) groups is 1. The molecule has 1 saturated carbocycles. The third kappa shape index (κ3) is 5.78. The van der Waals surface area contributed by atoms with Crippen LogP contribution in [-0.4, -0.2) is 20.4 Å². The molecule has 0 spiro atoms. The van der Waals surface area contributed by atoms with Crippen LogP contribution in [0.1, 0.15) is 36.8 Å². The molecule has 1 aliphatic rings. The van der Waals surface area contributed by atoms with Crippen LogP contribution in [0.5, 0.6) is 0 Å². The van der Waals surface area contributed by atoms with Crippen LogP contribution in [-0.2, 0) is 21.4 Å². The molecule has 0 aliphatic heterocycles. The lowest BCUT2D eigenvalue weighted by molar-refractivity contribution is -0.126. The average molecular weight is 439 g/mol. The summed E-state index contributed by atoms with van der Waals surface area (Å²) >= 11 is 6.04. The molecule has 0 heterocycles. The number of aryl methyl sites for hydroxylation is 1. The lowest BCUT2D eigenvalue weighted by atomic mass is 9.86. The van der Waals surface area contributed by atoms with Crippen molar-refractivity contribution in [2.24, 2.45) is 5.92 Å². The molecule has 5 nitrogen and oxygen atoms in total. The van der Waals surface area contributed by atoms with Gasteiger partial charge in [-0.05, 0) is 68.0 Å². The van der Waals surface area contributed by atoms with Crippen molar-refractivity contribution in [3.63, 3.8) is 0 Å². The number of sulfonamides is 1. The summed E-state index contributed by atoms with van der Waals surface area (Å²) < 4.78 is 40.8. The molecule has 2 aromatic rings. The molecule has 1 fully saturated rings. The van der Waals surface area contributed by atoms with Gasteiger partial charge in [-0.25, -0.2) is 17.5 Å². The van der Waals surface area contributed by atoms with E-state index in [1.54, 1.807) is 18.2 Å². The first-order valence-electron chi connectivity index (χ1n) is 9.55. The van der Waals surface area contributed by atoms with Crippen LogP contribution in [0, 0.1) is 18.7 Å². The van der Waals surface area contributed by atoms with Crippen molar-refractivity contribution >= 4 is 27.5 Å². The molecule has 8 heteroatoms. The maximum absolute atomic E-state index is 12.9. The number of benzene rings is 2. The van der Waals surface area contributed by atoms with Crippen LogP contribution < -0.4 is 10.0 Å². The standard InChI is InChI=1S/C21H24ClFN2O3S/c1-14-2-11-19(12-20(14)22)29(27,28)25-18-9-5-16(6-10-18)21(26)24-13-15-3-7-17(23)8-4-15/h2-4,7-8,11-12,16,18,25H,5-6,9-10,13H2,1H3,(H,24,26)/t16-,18-. The molecule has 0 unspecified atom stereocenters. The van der Waals surface area contributed by atoms with E-state index >= 15 is 0 Å². The van der Waals surface area contributed by atoms with Crippen molar-refractivity contribution in [3.05, 3.63) is 64.4 Å². The molecule has 156 valence electrons. The van der Waals surface area contributed by atoms with Crippen LogP contribution >= 0.6 is 11.6 Å². The van der Waals surface area contributed by atoms with Gasteiger partial charge in [0.05, 0.1) is 4.90 Å². The molecule has 1 aliphatic carbocycles. The first-order valence-corrected chi connectivity index (χ1v) is 11.4. The zero-order valence-electron chi connectivity index (χ0n) is 16.1. The maximum Gasteiger partial charge on any atom is 0.240 e. The van der Waals surface area contributed by atoms with E-state index in [0.29, 0.717) is 37.3 Å². The zero-order valence-corrected chi connectivity index (χ0v) is 17.7. The highest BCUT2D eigenvalue weighted by atomic mass is 35.5. The van der Waals surface area contributed by atoms with E-state index in [9.17, 15) is 17.6 Å². The van der Waals surface area contributed by atoms with Gasteiger partial charge in [0.1, 0.15) is 5.82 Å². The van der Waals surface area contributed by atoms with Crippen molar-refractivity contribution in [2.75, 3.05) is 0 Å². The monoisotopic (exact) mass is 438 g/mol. The summed E-state index contributed by atoms with van der Waals surface area (Å²) in [6, 6.07) is 10.5. The second-order valence-corrected chi connectivity index (χ2v) is 9.55. The summed E-state index contributed by atoms with van der Waals surface area (Å²) in [5, 5.41) is 3.29. The van der Waals surface area contributed by atoms with Gasteiger partial charge in [0.15, 0.2) is 0 Å². The third-order valence-corrected chi connectivity index (χ3v) is 7.18. The number of carbonyl (C=O) groups excluding carboxylic acids is 1. The van der Waals surface area contributed by atoms with Crippen LogP contribution in [0.3, 0.4) is 0 Å². The second-order valence-electron chi connectivity index (χ2n) is 7.43. The van der Waals surface area contributed by atoms with Gasteiger partial charge in [-0.3, -0.25) is 4.79 Å². The van der Waals surface area contributed by atoms with E-state index in [2.05, 4.69) is 10.0 Å². The fourth-order valence-electron chi connectivity index (χ4n) is 3.44. The van der Waals surface area contributed by atoms with Gasteiger partial charge in [0, 0.05) is 23.5 Å². The largest absolute Gasteiger partial charge is 0.352 e. The van der Waals surface area contributed by atoms with Crippen molar-refractivity contribution in [2.45, 2.75) is 50.1 Å². The summed E-state index contributed by atoms with van der Waals surface area (Å²) in [5.74, 6) is -0.514. The molecule has 0 bridgehead atoms. The van der Waals surface area contributed by atoms with Crippen LogP contribution in [0.15, 0.2) is 47.4 Å². The maximum atomic E-state index is 12.9. The van der Waals surface area contributed by atoms with E-state index in [4.69, 9.17) is 11.6 Å². The molecule has 3 rings (SSSR count). The Morgan fingerprint density at radius 1 is 1.10 bits per heavy atom. The molecular formula is C21H24ClFN2O3S. The number of nitrogens with one attached hydrogen (secondary N) is 2. The SMILES string of the molecule is Cc1ccc(S(=O)(=O)N[C@H]2CC[C@H](C(=O)NCc3ccc(F)cc3)CC2)cc1Cl. The smallest absolute Gasteiger partial charge is 0.240 e. The Hall–Kier alpha value is -1.96. The van der Waals surface area contributed by atoms with Crippen molar-refractivity contribution in [1.29, 1.82) is 0 Å². The molecule has 0 atom stereocenters. The van der Waals surface area contributed by atoms with Gasteiger partial charge in [-0.2, -0.15) is 0 Å². The topological polar surface area (TPSA) is 75.3 Å². The molecule has 1 amide bonds. The Bertz CT molecular complexity index is 972. The lowest BCUT2D eigenvalue weighted by Crippen LogP contribution is -2.40.